The second-order valence-electron chi connectivity index (χ2n) is 7.89. The molecule has 3 heterocycles. The molecule has 0 radical (unpaired) electrons. The summed E-state index contributed by atoms with van der Waals surface area (Å²) in [6, 6.07) is 8.51. The third-order valence-electron chi connectivity index (χ3n) is 5.71. The number of ether oxygens (including phenoxy) is 2. The maximum Gasteiger partial charge on any atom is 0.243 e. The second kappa shape index (κ2) is 9.23. The molecule has 0 spiro atoms. The van der Waals surface area contributed by atoms with Crippen LogP contribution in [0.4, 0.5) is 0 Å². The smallest absolute Gasteiger partial charge is 0.243 e. The maximum absolute atomic E-state index is 13.1. The number of rotatable bonds is 5. The summed E-state index contributed by atoms with van der Waals surface area (Å²) in [7, 11) is -1.88. The number of hydrogen-bond acceptors (Lipinski definition) is 6. The predicted molar refractivity (Wildman–Crippen MR) is 114 cm³/mol. The fraction of sp³-hybridized carbons (Fsp3) is 0.455. The van der Waals surface area contributed by atoms with Crippen molar-refractivity contribution in [2.45, 2.75) is 30.7 Å². The third-order valence-corrected chi connectivity index (χ3v) is 7.60. The molecule has 0 aliphatic carbocycles. The minimum absolute atomic E-state index is 0.0458. The van der Waals surface area contributed by atoms with Crippen molar-refractivity contribution in [2.75, 3.05) is 33.4 Å². The summed E-state index contributed by atoms with van der Waals surface area (Å²) < 4.78 is 39.0. The Labute approximate surface area is 182 Å². The first-order valence-corrected chi connectivity index (χ1v) is 11.9. The van der Waals surface area contributed by atoms with Gasteiger partial charge in [-0.05, 0) is 42.7 Å². The number of pyridine rings is 1. The van der Waals surface area contributed by atoms with Gasteiger partial charge >= 0.3 is 0 Å². The van der Waals surface area contributed by atoms with Crippen LogP contribution < -0.4 is 9.47 Å². The Balaban J connectivity index is 1.38. The summed E-state index contributed by atoms with van der Waals surface area (Å²) in [5.41, 5.74) is 1.01. The molecule has 1 amide bonds. The molecule has 31 heavy (non-hydrogen) atoms. The van der Waals surface area contributed by atoms with E-state index in [2.05, 4.69) is 4.98 Å². The van der Waals surface area contributed by atoms with Crippen LogP contribution in [-0.2, 0) is 21.4 Å². The Kier molecular flexibility index (Phi) is 6.43. The minimum Gasteiger partial charge on any atom is -0.490 e. The molecule has 1 aromatic carbocycles. The fourth-order valence-electron chi connectivity index (χ4n) is 3.95. The first kappa shape index (κ1) is 21.6. The van der Waals surface area contributed by atoms with E-state index in [1.54, 1.807) is 36.5 Å². The monoisotopic (exact) mass is 445 g/mol. The first-order valence-electron chi connectivity index (χ1n) is 10.5. The summed E-state index contributed by atoms with van der Waals surface area (Å²) >= 11 is 0. The van der Waals surface area contributed by atoms with Crippen molar-refractivity contribution < 1.29 is 22.7 Å². The fourth-order valence-corrected chi connectivity index (χ4v) is 5.43. The summed E-state index contributed by atoms with van der Waals surface area (Å²) in [5.74, 6) is 0.894. The van der Waals surface area contributed by atoms with Crippen molar-refractivity contribution in [3.63, 3.8) is 0 Å². The molecule has 1 saturated heterocycles. The lowest BCUT2D eigenvalue weighted by Gasteiger charge is -2.32. The number of aromatic nitrogens is 1. The number of amides is 1. The van der Waals surface area contributed by atoms with E-state index in [-0.39, 0.29) is 16.7 Å². The summed E-state index contributed by atoms with van der Waals surface area (Å²) in [6.07, 6.45) is 5.17. The lowest BCUT2D eigenvalue weighted by atomic mass is 9.96. The van der Waals surface area contributed by atoms with Gasteiger partial charge in [0.05, 0.1) is 18.1 Å². The Morgan fingerprint density at radius 2 is 1.77 bits per heavy atom. The van der Waals surface area contributed by atoms with Crippen LogP contribution in [0.5, 0.6) is 11.5 Å². The minimum atomic E-state index is -3.66. The van der Waals surface area contributed by atoms with Gasteiger partial charge in [-0.15, -0.1) is 0 Å². The van der Waals surface area contributed by atoms with Crippen molar-refractivity contribution in [1.82, 2.24) is 14.2 Å². The van der Waals surface area contributed by atoms with Crippen LogP contribution in [0.15, 0.2) is 47.6 Å². The molecule has 0 atom stereocenters. The highest BCUT2D eigenvalue weighted by Crippen LogP contribution is 2.34. The van der Waals surface area contributed by atoms with Crippen molar-refractivity contribution in [3.8, 4) is 11.5 Å². The van der Waals surface area contributed by atoms with Crippen molar-refractivity contribution in [1.29, 1.82) is 0 Å². The second-order valence-corrected chi connectivity index (χ2v) is 9.83. The van der Waals surface area contributed by atoms with Gasteiger partial charge in [0.15, 0.2) is 11.5 Å². The van der Waals surface area contributed by atoms with Gasteiger partial charge in [-0.3, -0.25) is 9.78 Å². The number of carbonyl (C=O) groups excluding carboxylic acids is 1. The van der Waals surface area contributed by atoms with Gasteiger partial charge < -0.3 is 14.4 Å². The molecule has 1 aromatic heterocycles. The van der Waals surface area contributed by atoms with Crippen LogP contribution in [0.2, 0.25) is 0 Å². The number of fused-ring (bicyclic) bond motifs is 1. The average Bonchev–Trinajstić information content (AvgIpc) is 3.04. The van der Waals surface area contributed by atoms with E-state index in [9.17, 15) is 13.2 Å². The van der Waals surface area contributed by atoms with Crippen LogP contribution in [0.3, 0.4) is 0 Å². The molecule has 9 heteroatoms. The zero-order chi connectivity index (χ0) is 21.8. The lowest BCUT2D eigenvalue weighted by Crippen LogP contribution is -2.43. The van der Waals surface area contributed by atoms with Crippen molar-refractivity contribution in [3.05, 3.63) is 48.3 Å². The highest BCUT2D eigenvalue weighted by molar-refractivity contribution is 7.89. The Hall–Kier alpha value is -2.65. The quantitative estimate of drug-likeness (QED) is 0.702. The Morgan fingerprint density at radius 3 is 2.48 bits per heavy atom. The Morgan fingerprint density at radius 1 is 1.10 bits per heavy atom. The van der Waals surface area contributed by atoms with Crippen LogP contribution in [0.25, 0.3) is 0 Å². The molecule has 0 bridgehead atoms. The number of nitrogens with zero attached hydrogens (tertiary/aromatic N) is 3. The zero-order valence-electron chi connectivity index (χ0n) is 17.6. The molecule has 2 aromatic rings. The van der Waals surface area contributed by atoms with Gasteiger partial charge in [-0.2, -0.15) is 4.31 Å². The van der Waals surface area contributed by atoms with Gasteiger partial charge in [-0.1, -0.05) is 0 Å². The molecule has 0 saturated carbocycles. The first-order chi connectivity index (χ1) is 14.9. The van der Waals surface area contributed by atoms with E-state index in [0.29, 0.717) is 57.2 Å². The number of benzene rings is 1. The maximum atomic E-state index is 13.1. The summed E-state index contributed by atoms with van der Waals surface area (Å²) in [6.45, 7) is 2.19. The molecule has 166 valence electrons. The van der Waals surface area contributed by atoms with E-state index < -0.39 is 10.0 Å². The molecule has 2 aliphatic heterocycles. The van der Waals surface area contributed by atoms with Crippen LogP contribution in [-0.4, -0.2) is 61.9 Å². The van der Waals surface area contributed by atoms with Gasteiger partial charge in [-0.25, -0.2) is 8.42 Å². The Bertz CT molecular complexity index is 1020. The number of sulfonamides is 1. The number of piperidine rings is 1. The van der Waals surface area contributed by atoms with E-state index in [0.717, 1.165) is 12.0 Å². The normalized spacial score (nSPS) is 17.7. The van der Waals surface area contributed by atoms with Gasteiger partial charge in [0.1, 0.15) is 0 Å². The predicted octanol–water partition coefficient (Wildman–Crippen LogP) is 2.30. The highest BCUT2D eigenvalue weighted by atomic mass is 32.2. The zero-order valence-corrected chi connectivity index (χ0v) is 18.4. The topological polar surface area (TPSA) is 89.0 Å². The molecule has 8 nitrogen and oxygen atoms in total. The van der Waals surface area contributed by atoms with Gasteiger partial charge in [0.2, 0.25) is 15.9 Å². The van der Waals surface area contributed by atoms with E-state index in [4.69, 9.17) is 9.47 Å². The molecular weight excluding hydrogens is 418 g/mol. The van der Waals surface area contributed by atoms with E-state index >= 15 is 0 Å². The van der Waals surface area contributed by atoms with E-state index in [1.165, 1.54) is 10.4 Å². The number of carbonyl (C=O) groups is 1. The average molecular weight is 446 g/mol. The van der Waals surface area contributed by atoms with Crippen LogP contribution in [0.1, 0.15) is 24.8 Å². The molecule has 4 rings (SSSR count). The van der Waals surface area contributed by atoms with Crippen LogP contribution in [0, 0.1) is 5.92 Å². The third kappa shape index (κ3) is 4.83. The molecular formula is C22H27N3O5S. The van der Waals surface area contributed by atoms with E-state index in [1.807, 2.05) is 12.1 Å². The number of hydrogen-bond donors (Lipinski definition) is 0. The lowest BCUT2D eigenvalue weighted by molar-refractivity contribution is -0.135. The molecule has 0 unspecified atom stereocenters. The SMILES string of the molecule is CN(Cc1ccncc1)C(=O)C1CCN(S(=O)(=O)c2ccc3c(c2)OCCCO3)CC1. The largest absolute Gasteiger partial charge is 0.490 e. The van der Waals surface area contributed by atoms with Crippen molar-refractivity contribution >= 4 is 15.9 Å². The van der Waals surface area contributed by atoms with Crippen molar-refractivity contribution in [2.24, 2.45) is 5.92 Å². The van der Waals surface area contributed by atoms with Gasteiger partial charge in [0, 0.05) is 57.5 Å². The summed E-state index contributed by atoms with van der Waals surface area (Å²) in [5, 5.41) is 0. The molecule has 1 fully saturated rings. The van der Waals surface area contributed by atoms with Gasteiger partial charge in [0.25, 0.3) is 0 Å². The summed E-state index contributed by atoms with van der Waals surface area (Å²) in [4.78, 5) is 18.7. The molecule has 0 N–H and O–H groups in total. The highest BCUT2D eigenvalue weighted by Gasteiger charge is 2.33. The molecule has 2 aliphatic rings. The standard InChI is InChI=1S/C22H27N3O5S/c1-24(16-17-5-9-23-10-6-17)22(26)18-7-11-25(12-8-18)31(27,28)19-3-4-20-21(15-19)30-14-2-13-29-20/h3-6,9-10,15,18H,2,7-8,11-14,16H2,1H3. The van der Waals surface area contributed by atoms with Crippen LogP contribution >= 0.6 is 0 Å².